The average Bonchev–Trinajstić information content (AvgIpc) is 3.14. The van der Waals surface area contributed by atoms with Crippen LogP contribution in [0.3, 0.4) is 0 Å². The molecule has 1 aromatic carbocycles. The normalized spacial score (nSPS) is 16.4. The number of nitrogens with zero attached hydrogens (tertiary/aromatic N) is 3. The summed E-state index contributed by atoms with van der Waals surface area (Å²) in [5.74, 6) is 0.931. The third kappa shape index (κ3) is 5.27. The van der Waals surface area contributed by atoms with Crippen LogP contribution in [0.5, 0.6) is 0 Å². The summed E-state index contributed by atoms with van der Waals surface area (Å²) in [6.07, 6.45) is 0.733. The first kappa shape index (κ1) is 18.8. The number of benzene rings is 1. The lowest BCUT2D eigenvalue weighted by Crippen LogP contribution is -2.47. The second-order valence-electron chi connectivity index (χ2n) is 6.32. The van der Waals surface area contributed by atoms with Crippen LogP contribution in [-0.2, 0) is 16.0 Å². The third-order valence-electron chi connectivity index (χ3n) is 4.40. The molecule has 7 nitrogen and oxygen atoms in total. The molecule has 0 radical (unpaired) electrons. The number of aromatic nitrogens is 2. The lowest BCUT2D eigenvalue weighted by molar-refractivity contribution is -0.121. The zero-order valence-electron chi connectivity index (χ0n) is 14.8. The molecule has 1 fully saturated rings. The van der Waals surface area contributed by atoms with Gasteiger partial charge in [-0.3, -0.25) is 9.69 Å². The minimum absolute atomic E-state index is 0.0173. The van der Waals surface area contributed by atoms with Gasteiger partial charge in [-0.25, -0.2) is 0 Å². The second kappa shape index (κ2) is 9.12. The highest BCUT2D eigenvalue weighted by Gasteiger charge is 2.17. The third-order valence-corrected chi connectivity index (χ3v) is 4.65. The number of aryl methyl sites for hydroxylation is 1. The van der Waals surface area contributed by atoms with E-state index >= 15 is 0 Å². The van der Waals surface area contributed by atoms with E-state index in [1.165, 1.54) is 0 Å². The van der Waals surface area contributed by atoms with Crippen LogP contribution >= 0.6 is 11.6 Å². The first-order valence-corrected chi connectivity index (χ1v) is 9.16. The van der Waals surface area contributed by atoms with Crippen LogP contribution in [0.15, 0.2) is 28.8 Å². The summed E-state index contributed by atoms with van der Waals surface area (Å²) in [4.78, 5) is 18.7. The molecule has 26 heavy (non-hydrogen) atoms. The summed E-state index contributed by atoms with van der Waals surface area (Å²) in [7, 11) is 0. The molecule has 1 aliphatic heterocycles. The summed E-state index contributed by atoms with van der Waals surface area (Å²) in [5, 5.41) is 7.57. The number of ether oxygens (including phenoxy) is 1. The van der Waals surface area contributed by atoms with E-state index < -0.39 is 0 Å². The highest BCUT2D eigenvalue weighted by atomic mass is 35.5. The van der Waals surface area contributed by atoms with Crippen molar-refractivity contribution in [2.45, 2.75) is 25.8 Å². The number of rotatable bonds is 7. The van der Waals surface area contributed by atoms with Crippen molar-refractivity contribution in [3.05, 3.63) is 35.2 Å². The van der Waals surface area contributed by atoms with Crippen molar-refractivity contribution in [1.29, 1.82) is 0 Å². The van der Waals surface area contributed by atoms with Gasteiger partial charge in [0.05, 0.1) is 13.2 Å². The summed E-state index contributed by atoms with van der Waals surface area (Å²) in [5.41, 5.74) is 0.827. The van der Waals surface area contributed by atoms with Gasteiger partial charge in [0.2, 0.25) is 17.6 Å². The Bertz CT molecular complexity index is 713. The largest absolute Gasteiger partial charge is 0.379 e. The van der Waals surface area contributed by atoms with Crippen molar-refractivity contribution in [3.8, 4) is 11.4 Å². The van der Waals surface area contributed by atoms with Crippen LogP contribution in [0, 0.1) is 0 Å². The van der Waals surface area contributed by atoms with Gasteiger partial charge in [0, 0.05) is 49.1 Å². The first-order chi connectivity index (χ1) is 12.6. The van der Waals surface area contributed by atoms with E-state index in [0.29, 0.717) is 42.2 Å². The predicted molar refractivity (Wildman–Crippen MR) is 97.9 cm³/mol. The molecule has 1 atom stereocenters. The molecule has 0 saturated carbocycles. The van der Waals surface area contributed by atoms with Crippen molar-refractivity contribution < 1.29 is 14.1 Å². The Morgan fingerprint density at radius 3 is 2.77 bits per heavy atom. The van der Waals surface area contributed by atoms with Crippen molar-refractivity contribution in [2.75, 3.05) is 32.8 Å². The van der Waals surface area contributed by atoms with Crippen molar-refractivity contribution in [3.63, 3.8) is 0 Å². The summed E-state index contributed by atoms with van der Waals surface area (Å²) < 4.78 is 10.6. The smallest absolute Gasteiger partial charge is 0.227 e. The fraction of sp³-hybridized carbons (Fsp3) is 0.500. The number of morpholine rings is 1. The van der Waals surface area contributed by atoms with Gasteiger partial charge in [0.25, 0.3) is 0 Å². The average molecular weight is 379 g/mol. The molecule has 1 amide bonds. The van der Waals surface area contributed by atoms with Crippen LogP contribution in [0.25, 0.3) is 11.4 Å². The number of carbonyl (C=O) groups excluding carboxylic acids is 1. The Morgan fingerprint density at radius 2 is 2.04 bits per heavy atom. The molecule has 1 aliphatic rings. The zero-order chi connectivity index (χ0) is 18.4. The molecule has 3 rings (SSSR count). The standard InChI is InChI=1S/C18H23ClN4O3/c1-13(23-8-10-25-11-9-23)12-20-16(24)6-7-17-21-18(22-26-17)14-2-4-15(19)5-3-14/h2-5,13H,6-12H2,1H3,(H,20,24). The molecular formula is C18H23ClN4O3. The van der Waals surface area contributed by atoms with Gasteiger partial charge in [-0.05, 0) is 31.2 Å². The number of amides is 1. The Labute approximate surface area is 157 Å². The summed E-state index contributed by atoms with van der Waals surface area (Å²) in [6, 6.07) is 7.50. The molecule has 8 heteroatoms. The molecule has 2 heterocycles. The SMILES string of the molecule is CC(CNC(=O)CCc1nc(-c2ccc(Cl)cc2)no1)N1CCOCC1. The molecule has 1 aromatic heterocycles. The minimum atomic E-state index is -0.0173. The number of halogens is 1. The first-order valence-electron chi connectivity index (χ1n) is 8.79. The van der Waals surface area contributed by atoms with E-state index in [1.807, 2.05) is 12.1 Å². The van der Waals surface area contributed by atoms with Crippen molar-refractivity contribution in [1.82, 2.24) is 20.4 Å². The van der Waals surface area contributed by atoms with Crippen molar-refractivity contribution in [2.24, 2.45) is 0 Å². The van der Waals surface area contributed by atoms with Gasteiger partial charge < -0.3 is 14.6 Å². The quantitative estimate of drug-likeness (QED) is 0.795. The van der Waals surface area contributed by atoms with Gasteiger partial charge in [-0.1, -0.05) is 16.8 Å². The lowest BCUT2D eigenvalue weighted by atomic mass is 10.2. The van der Waals surface area contributed by atoms with Crippen LogP contribution in [0.4, 0.5) is 0 Å². The molecule has 1 N–H and O–H groups in total. The van der Waals surface area contributed by atoms with Crippen LogP contribution < -0.4 is 5.32 Å². The topological polar surface area (TPSA) is 80.5 Å². The summed E-state index contributed by atoms with van der Waals surface area (Å²) >= 11 is 5.87. The van der Waals surface area contributed by atoms with Gasteiger partial charge in [0.15, 0.2) is 0 Å². The van der Waals surface area contributed by atoms with E-state index in [2.05, 4.69) is 27.3 Å². The Morgan fingerprint density at radius 1 is 1.31 bits per heavy atom. The molecule has 0 aliphatic carbocycles. The fourth-order valence-electron chi connectivity index (χ4n) is 2.79. The Hall–Kier alpha value is -1.96. The lowest BCUT2D eigenvalue weighted by Gasteiger charge is -2.32. The number of nitrogens with one attached hydrogen (secondary N) is 1. The number of carbonyl (C=O) groups is 1. The van der Waals surface area contributed by atoms with Gasteiger partial charge >= 0.3 is 0 Å². The highest BCUT2D eigenvalue weighted by molar-refractivity contribution is 6.30. The molecule has 1 saturated heterocycles. The number of hydrogen-bond acceptors (Lipinski definition) is 6. The fourth-order valence-corrected chi connectivity index (χ4v) is 2.92. The second-order valence-corrected chi connectivity index (χ2v) is 6.76. The van der Waals surface area contributed by atoms with Crippen LogP contribution in [0.1, 0.15) is 19.2 Å². The predicted octanol–water partition coefficient (Wildman–Crippen LogP) is 2.16. The number of hydrogen-bond donors (Lipinski definition) is 1. The van der Waals surface area contributed by atoms with Gasteiger partial charge in [-0.2, -0.15) is 4.98 Å². The van der Waals surface area contributed by atoms with E-state index in [4.69, 9.17) is 20.9 Å². The minimum Gasteiger partial charge on any atom is -0.379 e. The Kier molecular flexibility index (Phi) is 6.60. The molecule has 1 unspecified atom stereocenters. The van der Waals surface area contributed by atoms with Gasteiger partial charge in [0.1, 0.15) is 0 Å². The Balaban J connectivity index is 1.42. The molecule has 0 bridgehead atoms. The molecule has 2 aromatic rings. The van der Waals surface area contributed by atoms with E-state index in [-0.39, 0.29) is 5.91 Å². The summed E-state index contributed by atoms with van der Waals surface area (Å²) in [6.45, 7) is 6.07. The van der Waals surface area contributed by atoms with Crippen LogP contribution in [-0.4, -0.2) is 59.8 Å². The maximum Gasteiger partial charge on any atom is 0.227 e. The van der Waals surface area contributed by atoms with E-state index in [0.717, 1.165) is 31.9 Å². The van der Waals surface area contributed by atoms with E-state index in [1.54, 1.807) is 12.1 Å². The highest BCUT2D eigenvalue weighted by Crippen LogP contribution is 2.19. The van der Waals surface area contributed by atoms with E-state index in [9.17, 15) is 4.79 Å². The molecule has 140 valence electrons. The van der Waals surface area contributed by atoms with Crippen LogP contribution in [0.2, 0.25) is 5.02 Å². The maximum atomic E-state index is 12.1. The molecule has 0 spiro atoms. The zero-order valence-corrected chi connectivity index (χ0v) is 15.5. The van der Waals surface area contributed by atoms with Crippen molar-refractivity contribution >= 4 is 17.5 Å². The maximum absolute atomic E-state index is 12.1. The van der Waals surface area contributed by atoms with Gasteiger partial charge in [-0.15, -0.1) is 0 Å². The monoisotopic (exact) mass is 378 g/mol. The molecular weight excluding hydrogens is 356 g/mol.